The lowest BCUT2D eigenvalue weighted by Crippen LogP contribution is -2.50. The minimum Gasteiger partial charge on any atom is -0.354 e. The molecular formula is C32H36Cl2F3N3O4S. The fraction of sp³-hybridized carbons (Fsp3) is 0.375. The van der Waals surface area contributed by atoms with E-state index in [0.29, 0.717) is 17.1 Å². The van der Waals surface area contributed by atoms with E-state index in [1.807, 2.05) is 37.3 Å². The fourth-order valence-corrected chi connectivity index (χ4v) is 6.01. The first kappa shape index (κ1) is 36.2. The van der Waals surface area contributed by atoms with Crippen molar-refractivity contribution in [1.29, 1.82) is 0 Å². The zero-order chi connectivity index (χ0) is 33.2. The first-order valence-electron chi connectivity index (χ1n) is 14.4. The number of halogens is 5. The Balaban J connectivity index is 1.91. The van der Waals surface area contributed by atoms with Gasteiger partial charge >= 0.3 is 6.18 Å². The molecule has 0 aliphatic heterocycles. The van der Waals surface area contributed by atoms with Crippen molar-refractivity contribution in [2.75, 3.05) is 23.7 Å². The van der Waals surface area contributed by atoms with Gasteiger partial charge in [-0.2, -0.15) is 13.2 Å². The summed E-state index contributed by atoms with van der Waals surface area (Å²) < 4.78 is 66.0. The molecule has 2 amide bonds. The minimum atomic E-state index is -4.66. The molecule has 0 unspecified atom stereocenters. The average Bonchev–Trinajstić information content (AvgIpc) is 2.98. The standard InChI is InChI=1S/C32H36Cl2F3N3O4S/c1-3-4-17-38-31(42)29(20-23-10-6-5-7-11-23)39(22-24-15-16-27(33)28(34)19-24)30(41)14-9-18-40(45(2,43)44)26-13-8-12-25(21-26)32(35,36)37/h5-8,10-13,15-16,19,21,29H,3-4,9,14,17-18,20,22H2,1-2H3,(H,38,42)/t29-/m1/s1. The number of nitrogens with one attached hydrogen (secondary N) is 1. The van der Waals surface area contributed by atoms with Crippen LogP contribution in [0, 0.1) is 0 Å². The fourth-order valence-electron chi connectivity index (χ4n) is 4.74. The van der Waals surface area contributed by atoms with Crippen molar-refractivity contribution in [1.82, 2.24) is 10.2 Å². The van der Waals surface area contributed by atoms with Crippen LogP contribution in [-0.4, -0.2) is 50.5 Å². The zero-order valence-electron chi connectivity index (χ0n) is 25.0. The number of sulfonamides is 1. The van der Waals surface area contributed by atoms with Gasteiger partial charge in [-0.05, 0) is 54.3 Å². The molecule has 0 aromatic heterocycles. The SMILES string of the molecule is CCCCNC(=O)[C@@H](Cc1ccccc1)N(Cc1ccc(Cl)c(Cl)c1)C(=O)CCCN(c1cccc(C(F)(F)F)c1)S(C)(=O)=O. The molecular weight excluding hydrogens is 650 g/mol. The van der Waals surface area contributed by atoms with Crippen LogP contribution in [0.3, 0.4) is 0 Å². The Hall–Kier alpha value is -3.28. The zero-order valence-corrected chi connectivity index (χ0v) is 27.3. The van der Waals surface area contributed by atoms with E-state index in [1.165, 1.54) is 11.0 Å². The second kappa shape index (κ2) is 16.3. The topological polar surface area (TPSA) is 86.8 Å². The predicted molar refractivity (Wildman–Crippen MR) is 172 cm³/mol. The molecule has 0 spiro atoms. The van der Waals surface area contributed by atoms with Crippen molar-refractivity contribution in [3.63, 3.8) is 0 Å². The number of hydrogen-bond donors (Lipinski definition) is 1. The van der Waals surface area contributed by atoms with E-state index >= 15 is 0 Å². The summed E-state index contributed by atoms with van der Waals surface area (Å²) in [6.07, 6.45) is -2.14. The van der Waals surface area contributed by atoms with Crippen molar-refractivity contribution in [3.05, 3.63) is 99.5 Å². The van der Waals surface area contributed by atoms with Gasteiger partial charge in [0.2, 0.25) is 21.8 Å². The van der Waals surface area contributed by atoms with Crippen LogP contribution in [0.1, 0.15) is 49.3 Å². The molecule has 3 aromatic rings. The highest BCUT2D eigenvalue weighted by molar-refractivity contribution is 7.92. The molecule has 0 aliphatic rings. The lowest BCUT2D eigenvalue weighted by molar-refractivity contribution is -0.141. The van der Waals surface area contributed by atoms with E-state index < -0.39 is 33.7 Å². The van der Waals surface area contributed by atoms with Crippen LogP contribution in [0.25, 0.3) is 0 Å². The number of carbonyl (C=O) groups is 2. The Labute approximate surface area is 272 Å². The summed E-state index contributed by atoms with van der Waals surface area (Å²) in [7, 11) is -3.99. The van der Waals surface area contributed by atoms with Gasteiger partial charge in [0.25, 0.3) is 0 Å². The van der Waals surface area contributed by atoms with Gasteiger partial charge in [0.15, 0.2) is 0 Å². The Morgan fingerprint density at radius 1 is 0.911 bits per heavy atom. The van der Waals surface area contributed by atoms with E-state index in [1.54, 1.807) is 18.2 Å². The van der Waals surface area contributed by atoms with Crippen molar-refractivity contribution < 1.29 is 31.2 Å². The molecule has 0 heterocycles. The van der Waals surface area contributed by atoms with E-state index in [2.05, 4.69) is 5.32 Å². The van der Waals surface area contributed by atoms with Gasteiger partial charge in [-0.15, -0.1) is 0 Å². The molecule has 45 heavy (non-hydrogen) atoms. The van der Waals surface area contributed by atoms with Gasteiger partial charge in [0, 0.05) is 32.5 Å². The average molecular weight is 687 g/mol. The summed E-state index contributed by atoms with van der Waals surface area (Å²) in [6, 6.07) is 17.2. The molecule has 13 heteroatoms. The van der Waals surface area contributed by atoms with Gasteiger partial charge in [-0.3, -0.25) is 13.9 Å². The van der Waals surface area contributed by atoms with E-state index in [-0.39, 0.29) is 49.0 Å². The van der Waals surface area contributed by atoms with Gasteiger partial charge in [-0.25, -0.2) is 8.42 Å². The quantitative estimate of drug-likeness (QED) is 0.173. The maximum atomic E-state index is 13.9. The molecule has 244 valence electrons. The third-order valence-corrected chi connectivity index (χ3v) is 8.98. The largest absolute Gasteiger partial charge is 0.416 e. The molecule has 0 saturated carbocycles. The Morgan fingerprint density at radius 2 is 1.62 bits per heavy atom. The Kier molecular flexibility index (Phi) is 13.1. The Morgan fingerprint density at radius 3 is 2.24 bits per heavy atom. The molecule has 1 N–H and O–H groups in total. The summed E-state index contributed by atoms with van der Waals surface area (Å²) in [5, 5.41) is 3.52. The smallest absolute Gasteiger partial charge is 0.354 e. The van der Waals surface area contributed by atoms with Crippen molar-refractivity contribution in [3.8, 4) is 0 Å². The van der Waals surface area contributed by atoms with E-state index in [9.17, 15) is 31.2 Å². The van der Waals surface area contributed by atoms with Crippen LogP contribution in [0.2, 0.25) is 10.0 Å². The summed E-state index contributed by atoms with van der Waals surface area (Å²) in [5.74, 6) is -0.785. The highest BCUT2D eigenvalue weighted by Crippen LogP contribution is 2.32. The number of carbonyl (C=O) groups excluding carboxylic acids is 2. The second-order valence-corrected chi connectivity index (χ2v) is 13.3. The van der Waals surface area contributed by atoms with Crippen molar-refractivity contribution in [2.45, 2.75) is 57.8 Å². The van der Waals surface area contributed by atoms with Crippen molar-refractivity contribution >= 4 is 50.7 Å². The van der Waals surface area contributed by atoms with Crippen LogP contribution in [-0.2, 0) is 38.8 Å². The number of hydrogen-bond acceptors (Lipinski definition) is 4. The third kappa shape index (κ3) is 10.9. The first-order valence-corrected chi connectivity index (χ1v) is 17.0. The van der Waals surface area contributed by atoms with Gasteiger partial charge in [0.05, 0.1) is 27.6 Å². The molecule has 0 fully saturated rings. The lowest BCUT2D eigenvalue weighted by Gasteiger charge is -2.32. The number of benzene rings is 3. The molecule has 0 saturated heterocycles. The van der Waals surface area contributed by atoms with Gasteiger partial charge in [0.1, 0.15) is 6.04 Å². The molecule has 3 rings (SSSR count). The van der Waals surface area contributed by atoms with Crippen LogP contribution >= 0.6 is 23.2 Å². The molecule has 1 atom stereocenters. The number of anilines is 1. The monoisotopic (exact) mass is 685 g/mol. The minimum absolute atomic E-state index is 0.0117. The maximum absolute atomic E-state index is 13.9. The number of alkyl halides is 3. The summed E-state index contributed by atoms with van der Waals surface area (Å²) in [6.45, 7) is 2.18. The molecule has 0 bridgehead atoms. The number of rotatable bonds is 15. The van der Waals surface area contributed by atoms with Crippen LogP contribution in [0.15, 0.2) is 72.8 Å². The Bertz CT molecular complexity index is 1560. The number of unbranched alkanes of at least 4 members (excludes halogenated alkanes) is 1. The van der Waals surface area contributed by atoms with Crippen molar-refractivity contribution in [2.24, 2.45) is 0 Å². The van der Waals surface area contributed by atoms with Gasteiger partial charge < -0.3 is 10.2 Å². The summed E-state index contributed by atoms with van der Waals surface area (Å²) in [5.41, 5.74) is 0.298. The van der Waals surface area contributed by atoms with Crippen LogP contribution < -0.4 is 9.62 Å². The van der Waals surface area contributed by atoms with Gasteiger partial charge in [-0.1, -0.05) is 79.0 Å². The second-order valence-electron chi connectivity index (χ2n) is 10.6. The van der Waals surface area contributed by atoms with Crippen LogP contribution in [0.5, 0.6) is 0 Å². The maximum Gasteiger partial charge on any atom is 0.416 e. The summed E-state index contributed by atoms with van der Waals surface area (Å²) >= 11 is 12.3. The highest BCUT2D eigenvalue weighted by atomic mass is 35.5. The lowest BCUT2D eigenvalue weighted by atomic mass is 10.0. The predicted octanol–water partition coefficient (Wildman–Crippen LogP) is 7.11. The molecule has 0 radical (unpaired) electrons. The molecule has 7 nitrogen and oxygen atoms in total. The van der Waals surface area contributed by atoms with E-state index in [4.69, 9.17) is 23.2 Å². The normalized spacial score (nSPS) is 12.4. The van der Waals surface area contributed by atoms with Crippen LogP contribution in [0.4, 0.5) is 18.9 Å². The number of amides is 2. The molecule has 0 aliphatic carbocycles. The molecule has 3 aromatic carbocycles. The summed E-state index contributed by atoms with van der Waals surface area (Å²) in [4.78, 5) is 28.9. The number of nitrogens with zero attached hydrogens (tertiary/aromatic N) is 2. The van der Waals surface area contributed by atoms with E-state index in [0.717, 1.165) is 47.2 Å². The third-order valence-electron chi connectivity index (χ3n) is 7.05. The first-order chi connectivity index (χ1) is 21.2. The highest BCUT2D eigenvalue weighted by Gasteiger charge is 2.33.